The Hall–Kier alpha value is -5.41. The lowest BCUT2D eigenvalue weighted by Gasteiger charge is -2.25. The number of fused-ring (bicyclic) bond motifs is 1. The highest BCUT2D eigenvalue weighted by Gasteiger charge is 2.29. The molecule has 0 bridgehead atoms. The third kappa shape index (κ3) is 10.1. The van der Waals surface area contributed by atoms with Crippen molar-refractivity contribution in [3.8, 4) is 11.4 Å². The lowest BCUT2D eigenvalue weighted by molar-refractivity contribution is -0.137. The number of rotatable bonds is 5. The van der Waals surface area contributed by atoms with Gasteiger partial charge in [0.15, 0.2) is 5.82 Å². The van der Waals surface area contributed by atoms with Gasteiger partial charge in [-0.1, -0.05) is 44.2 Å². The molecule has 1 aliphatic heterocycles. The van der Waals surface area contributed by atoms with E-state index in [1.54, 1.807) is 20.8 Å². The van der Waals surface area contributed by atoms with E-state index in [4.69, 9.17) is 0 Å². The molecule has 16 nitrogen and oxygen atoms in total. The zero-order valence-electron chi connectivity index (χ0n) is 29.3. The SMILES string of the molecule is Cc1nc(C)c(CC(=O)N2CCCNC(=O)Cn3nc(-c4ccccc4)nc3[C@H](C)NC(=O)[C@@H](CC(C)C)NC(=O)[C@@H](C)NC(=O)C2)c(=O)[nH]1. The van der Waals surface area contributed by atoms with Gasteiger partial charge in [0.1, 0.15) is 30.3 Å². The molecule has 3 atom stereocenters. The van der Waals surface area contributed by atoms with Crippen molar-refractivity contribution in [2.45, 2.75) is 85.5 Å². The number of nitrogens with one attached hydrogen (secondary N) is 5. The van der Waals surface area contributed by atoms with E-state index in [0.29, 0.717) is 29.6 Å². The first-order chi connectivity index (χ1) is 23.7. The first-order valence-electron chi connectivity index (χ1n) is 16.7. The Labute approximate surface area is 290 Å². The van der Waals surface area contributed by atoms with Gasteiger partial charge >= 0.3 is 0 Å². The van der Waals surface area contributed by atoms with Crippen LogP contribution in [0.3, 0.4) is 0 Å². The first-order valence-corrected chi connectivity index (χ1v) is 16.7. The van der Waals surface area contributed by atoms with Crippen LogP contribution in [0.15, 0.2) is 35.1 Å². The number of benzene rings is 1. The Bertz CT molecular complexity index is 1770. The molecule has 0 spiro atoms. The lowest BCUT2D eigenvalue weighted by atomic mass is 10.0. The van der Waals surface area contributed by atoms with Gasteiger partial charge in [0.2, 0.25) is 29.5 Å². The molecule has 0 unspecified atom stereocenters. The normalized spacial score (nSPS) is 20.1. The van der Waals surface area contributed by atoms with Crippen molar-refractivity contribution in [1.82, 2.24) is 50.9 Å². The molecule has 0 saturated carbocycles. The monoisotopic (exact) mass is 690 g/mol. The summed E-state index contributed by atoms with van der Waals surface area (Å²) in [5, 5.41) is 15.7. The summed E-state index contributed by atoms with van der Waals surface area (Å²) in [4.78, 5) is 92.0. The summed E-state index contributed by atoms with van der Waals surface area (Å²) in [5.74, 6) is -1.39. The summed E-state index contributed by atoms with van der Waals surface area (Å²) < 4.78 is 1.43. The summed E-state index contributed by atoms with van der Waals surface area (Å²) in [6.07, 6.45) is 0.294. The Kier molecular flexibility index (Phi) is 12.6. The minimum atomic E-state index is -1.04. The topological polar surface area (TPSA) is 213 Å². The molecule has 4 rings (SSSR count). The zero-order chi connectivity index (χ0) is 36.5. The molecule has 16 heteroatoms. The van der Waals surface area contributed by atoms with Crippen LogP contribution in [0, 0.1) is 19.8 Å². The summed E-state index contributed by atoms with van der Waals surface area (Å²) in [5.41, 5.74) is 0.862. The number of H-pyrrole nitrogens is 1. The van der Waals surface area contributed by atoms with E-state index in [1.807, 2.05) is 44.2 Å². The van der Waals surface area contributed by atoms with Crippen LogP contribution in [0.5, 0.6) is 0 Å². The number of carbonyl (C=O) groups excluding carboxylic acids is 5. The minimum Gasteiger partial charge on any atom is -0.354 e. The Morgan fingerprint density at radius 1 is 0.900 bits per heavy atom. The molecule has 5 N–H and O–H groups in total. The van der Waals surface area contributed by atoms with Gasteiger partial charge in [0.05, 0.1) is 19.0 Å². The van der Waals surface area contributed by atoms with Gasteiger partial charge in [0, 0.05) is 29.9 Å². The molecular weight excluding hydrogens is 644 g/mol. The maximum atomic E-state index is 13.6. The summed E-state index contributed by atoms with van der Waals surface area (Å²) in [7, 11) is 0. The van der Waals surface area contributed by atoms with Crippen LogP contribution in [0.4, 0.5) is 0 Å². The molecule has 268 valence electrons. The molecule has 3 heterocycles. The Morgan fingerprint density at radius 3 is 2.30 bits per heavy atom. The highest BCUT2D eigenvalue weighted by atomic mass is 16.2. The van der Waals surface area contributed by atoms with Crippen LogP contribution in [-0.2, 0) is 36.9 Å². The molecule has 0 fully saturated rings. The standard InChI is InChI=1S/C34H46N10O6/c1-19(2)15-26-34(50)38-21(4)31-41-30(24-11-8-7-9-12-24)42-44(31)18-27(45)35-13-10-14-43(17-28(46)37-22(5)32(48)40-26)29(47)16-25-20(3)36-23(6)39-33(25)49/h7-9,11-12,19,21-22,26H,10,13-18H2,1-6H3,(H,35,45)(H,37,46)(H,38,50)(H,40,48)(H,36,39,49)/t21-,22+,26+/m0/s1. The van der Waals surface area contributed by atoms with Crippen molar-refractivity contribution in [2.75, 3.05) is 19.6 Å². The molecule has 1 aliphatic rings. The molecule has 1 aromatic carbocycles. The van der Waals surface area contributed by atoms with E-state index in [0.717, 1.165) is 5.56 Å². The van der Waals surface area contributed by atoms with Crippen LogP contribution in [0.25, 0.3) is 11.4 Å². The van der Waals surface area contributed by atoms with Crippen molar-refractivity contribution in [2.24, 2.45) is 5.92 Å². The largest absolute Gasteiger partial charge is 0.354 e. The predicted octanol–water partition coefficient (Wildman–Crippen LogP) is 0.449. The average Bonchev–Trinajstić information content (AvgIpc) is 3.47. The second kappa shape index (κ2) is 16.8. The van der Waals surface area contributed by atoms with Crippen LogP contribution in [0.1, 0.15) is 69.5 Å². The highest BCUT2D eigenvalue weighted by Crippen LogP contribution is 2.19. The van der Waals surface area contributed by atoms with Gasteiger partial charge < -0.3 is 31.2 Å². The molecular formula is C34H46N10O6. The van der Waals surface area contributed by atoms with E-state index in [1.165, 1.54) is 16.5 Å². The maximum Gasteiger partial charge on any atom is 0.254 e. The lowest BCUT2D eigenvalue weighted by Crippen LogP contribution is -2.54. The Balaban J connectivity index is 1.62. The third-order valence-electron chi connectivity index (χ3n) is 8.17. The third-order valence-corrected chi connectivity index (χ3v) is 8.17. The van der Waals surface area contributed by atoms with Crippen LogP contribution in [0.2, 0.25) is 0 Å². The van der Waals surface area contributed by atoms with Gasteiger partial charge in [-0.2, -0.15) is 5.10 Å². The highest BCUT2D eigenvalue weighted by molar-refractivity contribution is 5.93. The van der Waals surface area contributed by atoms with Gasteiger partial charge in [-0.25, -0.2) is 14.6 Å². The smallest absolute Gasteiger partial charge is 0.254 e. The van der Waals surface area contributed by atoms with Crippen molar-refractivity contribution in [3.05, 3.63) is 63.6 Å². The molecule has 0 saturated heterocycles. The number of aromatic amines is 1. The van der Waals surface area contributed by atoms with Gasteiger partial charge in [-0.15, -0.1) is 0 Å². The number of nitrogens with zero attached hydrogens (tertiary/aromatic N) is 5. The fourth-order valence-corrected chi connectivity index (χ4v) is 5.61. The van der Waals surface area contributed by atoms with E-state index in [9.17, 15) is 28.8 Å². The maximum absolute atomic E-state index is 13.6. The van der Waals surface area contributed by atoms with Gasteiger partial charge in [0.25, 0.3) is 5.56 Å². The summed E-state index contributed by atoms with van der Waals surface area (Å²) in [6, 6.07) is 6.55. The number of hydrogen-bond acceptors (Lipinski definition) is 9. The molecule has 5 amide bonds. The Morgan fingerprint density at radius 2 is 1.62 bits per heavy atom. The number of amides is 5. The number of aromatic nitrogens is 5. The van der Waals surface area contributed by atoms with Crippen LogP contribution < -0.4 is 26.8 Å². The molecule has 3 aromatic rings. The van der Waals surface area contributed by atoms with E-state index in [-0.39, 0.29) is 49.9 Å². The number of carbonyl (C=O) groups is 5. The fraction of sp³-hybridized carbons (Fsp3) is 0.500. The quantitative estimate of drug-likeness (QED) is 0.251. The predicted molar refractivity (Wildman–Crippen MR) is 183 cm³/mol. The van der Waals surface area contributed by atoms with E-state index < -0.39 is 53.9 Å². The average molecular weight is 691 g/mol. The summed E-state index contributed by atoms with van der Waals surface area (Å²) in [6.45, 7) is 9.93. The molecule has 2 aromatic heterocycles. The van der Waals surface area contributed by atoms with Gasteiger partial charge in [-0.3, -0.25) is 28.8 Å². The molecule has 0 radical (unpaired) electrons. The first kappa shape index (κ1) is 37.4. The number of aryl methyl sites for hydroxylation is 2. The van der Waals surface area contributed by atoms with Crippen LogP contribution in [-0.4, -0.2) is 90.9 Å². The number of hydrogen-bond donors (Lipinski definition) is 5. The van der Waals surface area contributed by atoms with Gasteiger partial charge in [-0.05, 0) is 46.5 Å². The second-order valence-corrected chi connectivity index (χ2v) is 12.9. The summed E-state index contributed by atoms with van der Waals surface area (Å²) >= 11 is 0. The van der Waals surface area contributed by atoms with Crippen molar-refractivity contribution in [1.29, 1.82) is 0 Å². The van der Waals surface area contributed by atoms with E-state index >= 15 is 0 Å². The minimum absolute atomic E-state index is 0.0315. The van der Waals surface area contributed by atoms with Crippen molar-refractivity contribution in [3.63, 3.8) is 0 Å². The second-order valence-electron chi connectivity index (χ2n) is 12.9. The van der Waals surface area contributed by atoms with Crippen molar-refractivity contribution >= 4 is 29.5 Å². The van der Waals surface area contributed by atoms with E-state index in [2.05, 4.69) is 41.3 Å². The molecule has 50 heavy (non-hydrogen) atoms. The molecule has 0 aliphatic carbocycles. The van der Waals surface area contributed by atoms with Crippen molar-refractivity contribution < 1.29 is 24.0 Å². The zero-order valence-corrected chi connectivity index (χ0v) is 29.3. The van der Waals surface area contributed by atoms with Crippen LogP contribution >= 0.6 is 0 Å². The fourth-order valence-electron chi connectivity index (χ4n) is 5.61.